The van der Waals surface area contributed by atoms with E-state index in [9.17, 15) is 4.79 Å². The second kappa shape index (κ2) is 5.66. The van der Waals surface area contributed by atoms with Crippen molar-refractivity contribution in [3.8, 4) is 0 Å². The lowest BCUT2D eigenvalue weighted by molar-refractivity contribution is -0.115. The summed E-state index contributed by atoms with van der Waals surface area (Å²) in [6, 6.07) is 12.0. The quantitative estimate of drug-likeness (QED) is 0.791. The van der Waals surface area contributed by atoms with Crippen molar-refractivity contribution in [1.82, 2.24) is 4.98 Å². The van der Waals surface area contributed by atoms with Crippen LogP contribution in [0.3, 0.4) is 0 Å². The lowest BCUT2D eigenvalue weighted by Crippen LogP contribution is -2.15. The molecule has 0 unspecified atom stereocenters. The number of anilines is 1. The molecular weight excluding hydrogens is 280 g/mol. The topological polar surface area (TPSA) is 42.0 Å². The first kappa shape index (κ1) is 13.8. The second-order valence-corrected chi connectivity index (χ2v) is 6.08. The highest BCUT2D eigenvalue weighted by molar-refractivity contribution is 7.16. The third-order valence-electron chi connectivity index (χ3n) is 3.47. The molecule has 0 spiro atoms. The number of aromatic nitrogens is 1. The summed E-state index contributed by atoms with van der Waals surface area (Å²) in [6.07, 6.45) is 0.391. The molecule has 1 aromatic heterocycles. The van der Waals surface area contributed by atoms with Gasteiger partial charge in [-0.15, -0.1) is 11.3 Å². The second-order valence-electron chi connectivity index (χ2n) is 5.19. The SMILES string of the molecule is Cc1ccc(C)c(CC(=O)Nc2ccc3scnc3c2)c1. The Kier molecular flexibility index (Phi) is 3.71. The van der Waals surface area contributed by atoms with Gasteiger partial charge in [0.05, 0.1) is 22.1 Å². The van der Waals surface area contributed by atoms with Gasteiger partial charge < -0.3 is 5.32 Å². The van der Waals surface area contributed by atoms with E-state index in [2.05, 4.69) is 28.5 Å². The molecule has 0 aliphatic carbocycles. The minimum atomic E-state index is -0.00159. The molecule has 3 aromatic rings. The Balaban J connectivity index is 1.75. The van der Waals surface area contributed by atoms with Crippen molar-refractivity contribution in [2.75, 3.05) is 5.32 Å². The van der Waals surface area contributed by atoms with Crippen LogP contribution in [0.1, 0.15) is 16.7 Å². The molecule has 1 amide bonds. The van der Waals surface area contributed by atoms with Gasteiger partial charge in [0.25, 0.3) is 0 Å². The number of carbonyl (C=O) groups excluding carboxylic acids is 1. The molecule has 3 rings (SSSR count). The van der Waals surface area contributed by atoms with E-state index in [0.717, 1.165) is 27.0 Å². The molecule has 1 N–H and O–H groups in total. The molecule has 0 aliphatic rings. The van der Waals surface area contributed by atoms with E-state index in [1.165, 1.54) is 5.56 Å². The summed E-state index contributed by atoms with van der Waals surface area (Å²) in [5.41, 5.74) is 6.92. The van der Waals surface area contributed by atoms with Gasteiger partial charge in [0.2, 0.25) is 5.91 Å². The minimum absolute atomic E-state index is 0.00159. The number of amides is 1. The van der Waals surface area contributed by atoms with Gasteiger partial charge in [-0.05, 0) is 43.2 Å². The Morgan fingerprint density at radius 3 is 2.90 bits per heavy atom. The van der Waals surface area contributed by atoms with Crippen LogP contribution in [0.25, 0.3) is 10.2 Å². The van der Waals surface area contributed by atoms with Gasteiger partial charge in [-0.25, -0.2) is 4.98 Å². The number of carbonyl (C=O) groups is 1. The zero-order valence-electron chi connectivity index (χ0n) is 12.0. The first-order chi connectivity index (χ1) is 10.1. The normalized spacial score (nSPS) is 10.8. The van der Waals surface area contributed by atoms with Crippen molar-refractivity contribution < 1.29 is 4.79 Å². The van der Waals surface area contributed by atoms with Crippen LogP contribution in [-0.2, 0) is 11.2 Å². The average molecular weight is 296 g/mol. The molecule has 0 bridgehead atoms. The third-order valence-corrected chi connectivity index (χ3v) is 4.28. The van der Waals surface area contributed by atoms with E-state index < -0.39 is 0 Å². The number of nitrogens with zero attached hydrogens (tertiary/aromatic N) is 1. The summed E-state index contributed by atoms with van der Waals surface area (Å²) in [5, 5.41) is 2.94. The van der Waals surface area contributed by atoms with Crippen molar-refractivity contribution in [2.24, 2.45) is 0 Å². The summed E-state index contributed by atoms with van der Waals surface area (Å²) < 4.78 is 1.13. The summed E-state index contributed by atoms with van der Waals surface area (Å²) in [6.45, 7) is 4.07. The fraction of sp³-hybridized carbons (Fsp3) is 0.176. The molecule has 106 valence electrons. The van der Waals surface area contributed by atoms with E-state index in [0.29, 0.717) is 6.42 Å². The van der Waals surface area contributed by atoms with Crippen molar-refractivity contribution in [2.45, 2.75) is 20.3 Å². The highest BCUT2D eigenvalue weighted by Gasteiger charge is 2.08. The van der Waals surface area contributed by atoms with Gasteiger partial charge in [0.1, 0.15) is 0 Å². The fourth-order valence-electron chi connectivity index (χ4n) is 2.30. The molecule has 0 saturated carbocycles. The van der Waals surface area contributed by atoms with Crippen LogP contribution in [0.5, 0.6) is 0 Å². The van der Waals surface area contributed by atoms with Gasteiger partial charge in [-0.2, -0.15) is 0 Å². The largest absolute Gasteiger partial charge is 0.326 e. The van der Waals surface area contributed by atoms with Crippen LogP contribution in [0, 0.1) is 13.8 Å². The van der Waals surface area contributed by atoms with Crippen LogP contribution in [0.4, 0.5) is 5.69 Å². The Labute approximate surface area is 127 Å². The van der Waals surface area contributed by atoms with E-state index in [1.807, 2.05) is 37.6 Å². The van der Waals surface area contributed by atoms with E-state index in [1.54, 1.807) is 11.3 Å². The van der Waals surface area contributed by atoms with Gasteiger partial charge >= 0.3 is 0 Å². The van der Waals surface area contributed by atoms with E-state index >= 15 is 0 Å². The summed E-state index contributed by atoms with van der Waals surface area (Å²) in [7, 11) is 0. The maximum atomic E-state index is 12.2. The Morgan fingerprint density at radius 2 is 2.05 bits per heavy atom. The molecule has 0 saturated heterocycles. The standard InChI is InChI=1S/C17H16N2OS/c1-11-3-4-12(2)13(7-11)8-17(20)19-14-5-6-16-15(9-14)18-10-21-16/h3-7,9-10H,8H2,1-2H3,(H,19,20). The van der Waals surface area contributed by atoms with Crippen LogP contribution in [0.2, 0.25) is 0 Å². The van der Waals surface area contributed by atoms with Crippen molar-refractivity contribution >= 4 is 33.1 Å². The monoisotopic (exact) mass is 296 g/mol. The molecule has 0 fully saturated rings. The number of rotatable bonds is 3. The Bertz CT molecular complexity index is 807. The summed E-state index contributed by atoms with van der Waals surface area (Å²) >= 11 is 1.60. The minimum Gasteiger partial charge on any atom is -0.326 e. The molecule has 21 heavy (non-hydrogen) atoms. The molecule has 0 radical (unpaired) electrons. The maximum Gasteiger partial charge on any atom is 0.228 e. The van der Waals surface area contributed by atoms with Gasteiger partial charge in [-0.3, -0.25) is 4.79 Å². The highest BCUT2D eigenvalue weighted by atomic mass is 32.1. The number of benzene rings is 2. The van der Waals surface area contributed by atoms with Crippen molar-refractivity contribution in [1.29, 1.82) is 0 Å². The number of hydrogen-bond acceptors (Lipinski definition) is 3. The first-order valence-corrected chi connectivity index (χ1v) is 7.69. The van der Waals surface area contributed by atoms with E-state index in [-0.39, 0.29) is 5.91 Å². The molecule has 0 atom stereocenters. The third kappa shape index (κ3) is 3.11. The predicted octanol–water partition coefficient (Wildman–Crippen LogP) is 4.09. The summed E-state index contributed by atoms with van der Waals surface area (Å²) in [5.74, 6) is -0.00159. The number of hydrogen-bond donors (Lipinski definition) is 1. The zero-order chi connectivity index (χ0) is 14.8. The molecule has 1 heterocycles. The van der Waals surface area contributed by atoms with Crippen LogP contribution < -0.4 is 5.32 Å². The van der Waals surface area contributed by atoms with Crippen LogP contribution in [-0.4, -0.2) is 10.9 Å². The van der Waals surface area contributed by atoms with E-state index in [4.69, 9.17) is 0 Å². The molecular formula is C17H16N2OS. The van der Waals surface area contributed by atoms with Crippen molar-refractivity contribution in [3.05, 3.63) is 58.6 Å². The number of aryl methyl sites for hydroxylation is 2. The first-order valence-electron chi connectivity index (χ1n) is 6.81. The van der Waals surface area contributed by atoms with Crippen LogP contribution in [0.15, 0.2) is 41.9 Å². The molecule has 2 aromatic carbocycles. The predicted molar refractivity (Wildman–Crippen MR) is 87.9 cm³/mol. The Morgan fingerprint density at radius 1 is 1.19 bits per heavy atom. The van der Waals surface area contributed by atoms with Gasteiger partial charge in [0.15, 0.2) is 0 Å². The molecule has 3 nitrogen and oxygen atoms in total. The lowest BCUT2D eigenvalue weighted by atomic mass is 10.0. The van der Waals surface area contributed by atoms with Gasteiger partial charge in [0, 0.05) is 5.69 Å². The number of fused-ring (bicyclic) bond motifs is 1. The van der Waals surface area contributed by atoms with Gasteiger partial charge in [-0.1, -0.05) is 23.8 Å². The zero-order valence-corrected chi connectivity index (χ0v) is 12.8. The average Bonchev–Trinajstić information content (AvgIpc) is 2.90. The summed E-state index contributed by atoms with van der Waals surface area (Å²) in [4.78, 5) is 16.5. The van der Waals surface area contributed by atoms with Crippen LogP contribution >= 0.6 is 11.3 Å². The number of thiazole rings is 1. The lowest BCUT2D eigenvalue weighted by Gasteiger charge is -2.08. The fourth-order valence-corrected chi connectivity index (χ4v) is 2.96. The van der Waals surface area contributed by atoms with Crippen molar-refractivity contribution in [3.63, 3.8) is 0 Å². The molecule has 4 heteroatoms. The molecule has 0 aliphatic heterocycles. The Hall–Kier alpha value is -2.20. The smallest absolute Gasteiger partial charge is 0.228 e. The number of nitrogens with one attached hydrogen (secondary N) is 1. The highest BCUT2D eigenvalue weighted by Crippen LogP contribution is 2.21. The maximum absolute atomic E-state index is 12.2.